The van der Waals surface area contributed by atoms with E-state index in [2.05, 4.69) is 5.32 Å². The maximum Gasteiger partial charge on any atom is 0.225 e. The quantitative estimate of drug-likeness (QED) is 0.772. The fourth-order valence-electron chi connectivity index (χ4n) is 2.48. The van der Waals surface area contributed by atoms with Crippen molar-refractivity contribution in [2.75, 3.05) is 20.1 Å². The topological polar surface area (TPSA) is 69.6 Å². The average molecular weight is 284 g/mol. The summed E-state index contributed by atoms with van der Waals surface area (Å²) < 4.78 is 0. The Morgan fingerprint density at radius 3 is 2.40 bits per heavy atom. The Bertz CT molecular complexity index is 336. The van der Waals surface area contributed by atoms with Gasteiger partial charge in [-0.2, -0.15) is 0 Å². The highest BCUT2D eigenvalue weighted by Crippen LogP contribution is 2.31. The molecule has 1 rings (SSSR count). The predicted molar refractivity (Wildman–Crippen MR) is 78.1 cm³/mol. The van der Waals surface area contributed by atoms with Gasteiger partial charge in [-0.25, -0.2) is 0 Å². The van der Waals surface area contributed by atoms with Crippen LogP contribution >= 0.6 is 0 Å². The molecule has 0 aromatic heterocycles. The van der Waals surface area contributed by atoms with Crippen LogP contribution in [-0.2, 0) is 9.59 Å². The van der Waals surface area contributed by atoms with Gasteiger partial charge in [-0.1, -0.05) is 33.1 Å². The highest BCUT2D eigenvalue weighted by molar-refractivity contribution is 5.78. The van der Waals surface area contributed by atoms with Crippen molar-refractivity contribution in [3.05, 3.63) is 0 Å². The maximum absolute atomic E-state index is 12.1. The number of hydrogen-bond donors (Lipinski definition) is 2. The predicted octanol–water partition coefficient (Wildman–Crippen LogP) is 1.30. The summed E-state index contributed by atoms with van der Waals surface area (Å²) in [6, 6.07) is 0. The lowest BCUT2D eigenvalue weighted by Crippen LogP contribution is -2.42. The normalized spacial score (nSPS) is 17.9. The van der Waals surface area contributed by atoms with Crippen LogP contribution in [-0.4, -0.2) is 47.6 Å². The molecule has 0 saturated heterocycles. The molecule has 0 atom stereocenters. The van der Waals surface area contributed by atoms with Crippen LogP contribution in [0.25, 0.3) is 0 Å². The van der Waals surface area contributed by atoms with Crippen LogP contribution in [0.15, 0.2) is 0 Å². The van der Waals surface area contributed by atoms with Gasteiger partial charge in [-0.05, 0) is 12.8 Å². The number of rotatable bonds is 6. The minimum absolute atomic E-state index is 0.00300. The summed E-state index contributed by atoms with van der Waals surface area (Å²) in [7, 11) is 1.72. The molecule has 1 aliphatic carbocycles. The fraction of sp³-hybridized carbons (Fsp3) is 0.867. The van der Waals surface area contributed by atoms with Gasteiger partial charge in [0, 0.05) is 26.1 Å². The molecule has 0 bridgehead atoms. The van der Waals surface area contributed by atoms with Gasteiger partial charge < -0.3 is 15.3 Å². The Morgan fingerprint density at radius 2 is 1.85 bits per heavy atom. The Hall–Kier alpha value is -1.10. The number of carbonyl (C=O) groups is 2. The van der Waals surface area contributed by atoms with Gasteiger partial charge in [0.2, 0.25) is 11.8 Å². The van der Waals surface area contributed by atoms with Crippen LogP contribution in [0.1, 0.15) is 52.4 Å². The molecule has 2 N–H and O–H groups in total. The molecule has 0 radical (unpaired) electrons. The SMILES string of the molecule is CC(C)C(=O)NCCN(C)C(=O)CC1(O)CCCCC1. The summed E-state index contributed by atoms with van der Waals surface area (Å²) >= 11 is 0. The molecular formula is C15H28N2O3. The van der Waals surface area contributed by atoms with Gasteiger partial charge in [0.1, 0.15) is 0 Å². The summed E-state index contributed by atoms with van der Waals surface area (Å²) in [6.45, 7) is 4.61. The van der Waals surface area contributed by atoms with Crippen LogP contribution in [0.4, 0.5) is 0 Å². The zero-order chi connectivity index (χ0) is 15.2. The summed E-state index contributed by atoms with van der Waals surface area (Å²) in [4.78, 5) is 25.1. The Kier molecular flexibility index (Phi) is 6.46. The number of hydrogen-bond acceptors (Lipinski definition) is 3. The third kappa shape index (κ3) is 5.49. The lowest BCUT2D eigenvalue weighted by molar-refractivity contribution is -0.136. The monoisotopic (exact) mass is 284 g/mol. The number of nitrogens with one attached hydrogen (secondary N) is 1. The lowest BCUT2D eigenvalue weighted by atomic mass is 9.82. The summed E-state index contributed by atoms with van der Waals surface area (Å²) in [5.74, 6) is -0.0936. The molecule has 5 heteroatoms. The molecule has 0 unspecified atom stereocenters. The molecule has 0 aromatic rings. The Balaban J connectivity index is 2.30. The molecule has 2 amide bonds. The summed E-state index contributed by atoms with van der Waals surface area (Å²) in [6.07, 6.45) is 4.78. The van der Waals surface area contributed by atoms with Crippen LogP contribution in [0.3, 0.4) is 0 Å². The highest BCUT2D eigenvalue weighted by atomic mass is 16.3. The zero-order valence-electron chi connectivity index (χ0n) is 12.9. The van der Waals surface area contributed by atoms with E-state index in [1.54, 1.807) is 11.9 Å². The molecule has 20 heavy (non-hydrogen) atoms. The van der Waals surface area contributed by atoms with Gasteiger partial charge in [0.25, 0.3) is 0 Å². The average Bonchev–Trinajstić information content (AvgIpc) is 2.38. The minimum atomic E-state index is -0.815. The zero-order valence-corrected chi connectivity index (χ0v) is 12.9. The van der Waals surface area contributed by atoms with E-state index < -0.39 is 5.60 Å². The maximum atomic E-state index is 12.1. The molecule has 0 heterocycles. The molecule has 5 nitrogen and oxygen atoms in total. The van der Waals surface area contributed by atoms with Crippen molar-refractivity contribution in [1.29, 1.82) is 0 Å². The van der Waals surface area contributed by atoms with Gasteiger partial charge in [0.15, 0.2) is 0 Å². The van der Waals surface area contributed by atoms with E-state index in [-0.39, 0.29) is 24.2 Å². The molecule has 0 aromatic carbocycles. The Morgan fingerprint density at radius 1 is 1.25 bits per heavy atom. The number of aliphatic hydroxyl groups is 1. The van der Waals surface area contributed by atoms with Gasteiger partial charge >= 0.3 is 0 Å². The van der Waals surface area contributed by atoms with Gasteiger partial charge in [0.05, 0.1) is 12.0 Å². The first kappa shape index (κ1) is 17.0. The number of amides is 2. The van der Waals surface area contributed by atoms with Crippen molar-refractivity contribution in [3.8, 4) is 0 Å². The number of carbonyl (C=O) groups excluding carboxylic acids is 2. The van der Waals surface area contributed by atoms with E-state index in [0.29, 0.717) is 13.1 Å². The second kappa shape index (κ2) is 7.62. The molecular weight excluding hydrogens is 256 g/mol. The highest BCUT2D eigenvalue weighted by Gasteiger charge is 2.32. The van der Waals surface area contributed by atoms with E-state index in [9.17, 15) is 14.7 Å². The van der Waals surface area contributed by atoms with Crippen molar-refractivity contribution in [1.82, 2.24) is 10.2 Å². The minimum Gasteiger partial charge on any atom is -0.389 e. The second-order valence-electron chi connectivity index (χ2n) is 6.22. The first-order valence-corrected chi connectivity index (χ1v) is 7.58. The van der Waals surface area contributed by atoms with Crippen LogP contribution in [0.2, 0.25) is 0 Å². The molecule has 0 aliphatic heterocycles. The van der Waals surface area contributed by atoms with Crippen molar-refractivity contribution in [3.63, 3.8) is 0 Å². The van der Waals surface area contributed by atoms with E-state index in [1.807, 2.05) is 13.8 Å². The van der Waals surface area contributed by atoms with Crippen LogP contribution in [0.5, 0.6) is 0 Å². The smallest absolute Gasteiger partial charge is 0.225 e. The van der Waals surface area contributed by atoms with Crippen LogP contribution < -0.4 is 5.32 Å². The summed E-state index contributed by atoms with van der Waals surface area (Å²) in [5, 5.41) is 13.1. The van der Waals surface area contributed by atoms with E-state index in [4.69, 9.17) is 0 Å². The van der Waals surface area contributed by atoms with Crippen molar-refractivity contribution >= 4 is 11.8 Å². The first-order valence-electron chi connectivity index (χ1n) is 7.58. The van der Waals surface area contributed by atoms with E-state index in [0.717, 1.165) is 32.1 Å². The van der Waals surface area contributed by atoms with E-state index >= 15 is 0 Å². The van der Waals surface area contributed by atoms with Crippen molar-refractivity contribution < 1.29 is 14.7 Å². The first-order chi connectivity index (χ1) is 9.34. The third-order valence-corrected chi connectivity index (χ3v) is 3.96. The molecule has 116 valence electrons. The second-order valence-corrected chi connectivity index (χ2v) is 6.22. The van der Waals surface area contributed by atoms with Crippen molar-refractivity contribution in [2.24, 2.45) is 5.92 Å². The molecule has 0 spiro atoms. The largest absolute Gasteiger partial charge is 0.389 e. The van der Waals surface area contributed by atoms with Gasteiger partial charge in [-0.3, -0.25) is 9.59 Å². The number of likely N-dealkylation sites (N-methyl/N-ethyl adjacent to an activating group) is 1. The number of nitrogens with zero attached hydrogens (tertiary/aromatic N) is 1. The van der Waals surface area contributed by atoms with Crippen LogP contribution in [0, 0.1) is 5.92 Å². The van der Waals surface area contributed by atoms with Gasteiger partial charge in [-0.15, -0.1) is 0 Å². The molecule has 1 saturated carbocycles. The standard InChI is InChI=1S/C15H28N2O3/c1-12(2)14(19)16-9-10-17(3)13(18)11-15(20)7-5-4-6-8-15/h12,20H,4-11H2,1-3H3,(H,16,19). The fourth-order valence-corrected chi connectivity index (χ4v) is 2.48. The molecule has 1 fully saturated rings. The Labute approximate surface area is 121 Å². The van der Waals surface area contributed by atoms with E-state index in [1.165, 1.54) is 0 Å². The molecule has 1 aliphatic rings. The lowest BCUT2D eigenvalue weighted by Gasteiger charge is -2.32. The van der Waals surface area contributed by atoms with Crippen molar-refractivity contribution in [2.45, 2.75) is 58.0 Å². The summed E-state index contributed by atoms with van der Waals surface area (Å²) in [5.41, 5.74) is -0.815. The third-order valence-electron chi connectivity index (χ3n) is 3.96.